The molecule has 2 N–H and O–H groups in total. The molecule has 1 aromatic rings. The van der Waals surface area contributed by atoms with Crippen LogP contribution in [0.3, 0.4) is 0 Å². The number of carboxylic acids is 1. The highest BCUT2D eigenvalue weighted by molar-refractivity contribution is 7.14. The predicted molar refractivity (Wildman–Crippen MR) is 75.8 cm³/mol. The van der Waals surface area contributed by atoms with E-state index in [4.69, 9.17) is 5.11 Å². The average Bonchev–Trinajstić information content (AvgIpc) is 2.64. The summed E-state index contributed by atoms with van der Waals surface area (Å²) in [7, 11) is 0. The molecule has 0 saturated heterocycles. The second-order valence-electron chi connectivity index (χ2n) is 4.16. The van der Waals surface area contributed by atoms with E-state index >= 15 is 0 Å². The molecule has 0 bridgehead atoms. The number of carboxylic acid groups (broad SMARTS) is 1. The minimum atomic E-state index is -1.01. The Morgan fingerprint density at radius 1 is 1.16 bits per heavy atom. The molecule has 4 nitrogen and oxygen atoms in total. The molecule has 2 aliphatic carbocycles. The molecule has 0 fully saturated rings. The second-order valence-corrected chi connectivity index (χ2v) is 5.42. The normalized spacial score (nSPS) is 10.2. The fraction of sp³-hybridized carbons (Fsp3) is 0.143. The Hall–Kier alpha value is -2.14. The maximum Gasteiger partial charge on any atom is 0.348 e. The SMILES string of the molecule is CC(=O)Nc1cc(C)sc1C(=O)O.c1cc2ccc1-2. The molecular formula is C14H13NO3S. The number of benzene rings is 1. The van der Waals surface area contributed by atoms with Crippen LogP contribution in [-0.4, -0.2) is 17.0 Å². The molecule has 1 heterocycles. The summed E-state index contributed by atoms with van der Waals surface area (Å²) < 4.78 is 0. The summed E-state index contributed by atoms with van der Waals surface area (Å²) in [6.45, 7) is 3.14. The van der Waals surface area contributed by atoms with Crippen molar-refractivity contribution in [1.82, 2.24) is 0 Å². The van der Waals surface area contributed by atoms with Gasteiger partial charge in [0.1, 0.15) is 4.88 Å². The van der Waals surface area contributed by atoms with Gasteiger partial charge in [0.25, 0.3) is 0 Å². The molecule has 5 heteroatoms. The van der Waals surface area contributed by atoms with Crippen molar-refractivity contribution in [3.8, 4) is 11.1 Å². The smallest absolute Gasteiger partial charge is 0.348 e. The van der Waals surface area contributed by atoms with E-state index in [0.717, 1.165) is 16.2 Å². The number of anilines is 1. The molecule has 1 aromatic heterocycles. The van der Waals surface area contributed by atoms with Crippen LogP contribution in [0.1, 0.15) is 21.5 Å². The Morgan fingerprint density at radius 3 is 2.00 bits per heavy atom. The van der Waals surface area contributed by atoms with Crippen molar-refractivity contribution in [2.45, 2.75) is 13.8 Å². The van der Waals surface area contributed by atoms with Gasteiger partial charge in [0.15, 0.2) is 0 Å². The highest BCUT2D eigenvalue weighted by atomic mass is 32.1. The van der Waals surface area contributed by atoms with Crippen molar-refractivity contribution in [2.75, 3.05) is 5.32 Å². The summed E-state index contributed by atoms with van der Waals surface area (Å²) in [5.74, 6) is -1.28. The third-order valence-corrected chi connectivity index (χ3v) is 3.62. The van der Waals surface area contributed by atoms with Crippen LogP contribution in [0.25, 0.3) is 11.1 Å². The van der Waals surface area contributed by atoms with Crippen LogP contribution in [0.2, 0.25) is 0 Å². The van der Waals surface area contributed by atoms with Crippen LogP contribution < -0.4 is 5.32 Å². The zero-order chi connectivity index (χ0) is 14.0. The number of aromatic carboxylic acids is 1. The molecule has 0 aliphatic heterocycles. The Bertz CT molecular complexity index is 608. The van der Waals surface area contributed by atoms with E-state index in [1.807, 2.05) is 0 Å². The largest absolute Gasteiger partial charge is 0.477 e. The van der Waals surface area contributed by atoms with Gasteiger partial charge in [-0.2, -0.15) is 0 Å². The summed E-state index contributed by atoms with van der Waals surface area (Å²) in [4.78, 5) is 22.4. The van der Waals surface area contributed by atoms with E-state index in [2.05, 4.69) is 29.6 Å². The molecule has 0 unspecified atom stereocenters. The van der Waals surface area contributed by atoms with Gasteiger partial charge in [-0.3, -0.25) is 4.79 Å². The fourth-order valence-electron chi connectivity index (χ4n) is 1.62. The van der Waals surface area contributed by atoms with Crippen LogP contribution >= 0.6 is 11.3 Å². The molecule has 0 saturated carbocycles. The van der Waals surface area contributed by atoms with Crippen molar-refractivity contribution < 1.29 is 14.7 Å². The van der Waals surface area contributed by atoms with Gasteiger partial charge < -0.3 is 10.4 Å². The molecule has 0 spiro atoms. The van der Waals surface area contributed by atoms with Crippen LogP contribution in [0.5, 0.6) is 0 Å². The quantitative estimate of drug-likeness (QED) is 0.753. The number of rotatable bonds is 2. The lowest BCUT2D eigenvalue weighted by atomic mass is 9.95. The molecule has 1 amide bonds. The minimum absolute atomic E-state index is 0.174. The number of carbonyl (C=O) groups excluding carboxylic acids is 1. The third-order valence-electron chi connectivity index (χ3n) is 2.58. The lowest BCUT2D eigenvalue weighted by Gasteiger charge is -2.10. The summed E-state index contributed by atoms with van der Waals surface area (Å²) in [5.41, 5.74) is 3.23. The fourth-order valence-corrected chi connectivity index (χ4v) is 2.42. The molecule has 0 radical (unpaired) electrons. The molecule has 0 atom stereocenters. The maximum atomic E-state index is 10.7. The van der Waals surface area contributed by atoms with E-state index in [0.29, 0.717) is 5.69 Å². The van der Waals surface area contributed by atoms with Gasteiger partial charge in [0.05, 0.1) is 5.69 Å². The van der Waals surface area contributed by atoms with Gasteiger partial charge in [-0.05, 0) is 24.1 Å². The number of hydrogen-bond donors (Lipinski definition) is 2. The lowest BCUT2D eigenvalue weighted by Crippen LogP contribution is -2.08. The highest BCUT2D eigenvalue weighted by Crippen LogP contribution is 2.29. The standard InChI is InChI=1S/C8H9NO3S.C6H4/c1-4-3-6(9-5(2)10)7(13-4)8(11)12;1-2-6-4-3-5(1)6/h3H,1-2H3,(H,9,10)(H,11,12);1-4H. The maximum absolute atomic E-state index is 10.7. The van der Waals surface area contributed by atoms with Gasteiger partial charge in [-0.25, -0.2) is 4.79 Å². The van der Waals surface area contributed by atoms with Crippen molar-refractivity contribution in [3.63, 3.8) is 0 Å². The zero-order valence-corrected chi connectivity index (χ0v) is 11.4. The molecule has 19 heavy (non-hydrogen) atoms. The molecular weight excluding hydrogens is 262 g/mol. The van der Waals surface area contributed by atoms with Crippen molar-refractivity contribution >= 4 is 28.9 Å². The van der Waals surface area contributed by atoms with E-state index < -0.39 is 5.97 Å². The Labute approximate surface area is 114 Å². The first-order valence-corrected chi connectivity index (χ1v) is 6.51. The number of nitrogens with one attached hydrogen (secondary N) is 1. The number of aryl methyl sites for hydroxylation is 1. The number of carbonyl (C=O) groups is 2. The number of fused-ring (bicyclic) bond motifs is 1. The Balaban J connectivity index is 0.000000180. The van der Waals surface area contributed by atoms with Crippen LogP contribution in [0.4, 0.5) is 5.69 Å². The monoisotopic (exact) mass is 275 g/mol. The summed E-state index contributed by atoms with van der Waals surface area (Å²) >= 11 is 1.15. The number of hydrogen-bond acceptors (Lipinski definition) is 3. The highest BCUT2D eigenvalue weighted by Gasteiger charge is 2.14. The van der Waals surface area contributed by atoms with Crippen molar-refractivity contribution in [3.05, 3.63) is 40.1 Å². The zero-order valence-electron chi connectivity index (χ0n) is 10.6. The second kappa shape index (κ2) is 5.24. The summed E-state index contributed by atoms with van der Waals surface area (Å²) in [6.07, 6.45) is 0. The van der Waals surface area contributed by atoms with Gasteiger partial charge in [0.2, 0.25) is 5.91 Å². The first kappa shape index (κ1) is 13.3. The van der Waals surface area contributed by atoms with Crippen LogP contribution in [0.15, 0.2) is 30.3 Å². The van der Waals surface area contributed by atoms with E-state index in [9.17, 15) is 9.59 Å². The average molecular weight is 275 g/mol. The first-order chi connectivity index (χ1) is 8.97. The topological polar surface area (TPSA) is 66.4 Å². The third kappa shape index (κ3) is 3.00. The molecule has 3 rings (SSSR count). The minimum Gasteiger partial charge on any atom is -0.477 e. The lowest BCUT2D eigenvalue weighted by molar-refractivity contribution is -0.114. The van der Waals surface area contributed by atoms with Crippen molar-refractivity contribution in [2.24, 2.45) is 0 Å². The van der Waals surface area contributed by atoms with Gasteiger partial charge in [-0.1, -0.05) is 24.3 Å². The predicted octanol–water partition coefficient (Wildman–Crippen LogP) is 3.38. The van der Waals surface area contributed by atoms with Gasteiger partial charge in [0, 0.05) is 11.8 Å². The van der Waals surface area contributed by atoms with E-state index in [1.54, 1.807) is 13.0 Å². The number of amides is 1. The Morgan fingerprint density at radius 2 is 1.68 bits per heavy atom. The van der Waals surface area contributed by atoms with Crippen molar-refractivity contribution in [1.29, 1.82) is 0 Å². The summed E-state index contributed by atoms with van der Waals surface area (Å²) in [5, 5.41) is 11.2. The molecule has 0 aromatic carbocycles. The van der Waals surface area contributed by atoms with Crippen LogP contribution in [-0.2, 0) is 4.79 Å². The summed E-state index contributed by atoms with van der Waals surface area (Å²) in [6, 6.07) is 10.1. The molecule has 98 valence electrons. The van der Waals surface area contributed by atoms with Gasteiger partial charge >= 0.3 is 5.97 Å². The number of thiophene rings is 1. The van der Waals surface area contributed by atoms with Crippen LogP contribution in [0, 0.1) is 6.92 Å². The van der Waals surface area contributed by atoms with E-state index in [-0.39, 0.29) is 10.8 Å². The Kier molecular flexibility index (Phi) is 3.66. The van der Waals surface area contributed by atoms with Gasteiger partial charge in [-0.15, -0.1) is 11.3 Å². The first-order valence-electron chi connectivity index (χ1n) is 5.69. The molecule has 2 aliphatic rings. The van der Waals surface area contributed by atoms with E-state index in [1.165, 1.54) is 18.1 Å².